The molecule has 0 spiro atoms. The van der Waals surface area contributed by atoms with Crippen LogP contribution in [0.25, 0.3) is 0 Å². The van der Waals surface area contributed by atoms with E-state index in [1.54, 1.807) is 14.2 Å². The number of benzene rings is 2. The minimum atomic E-state index is -0.781. The monoisotopic (exact) mass is 361 g/mol. The van der Waals surface area contributed by atoms with Gasteiger partial charge in [0.25, 0.3) is 0 Å². The van der Waals surface area contributed by atoms with Crippen molar-refractivity contribution in [2.45, 2.75) is 23.0 Å². The zero-order valence-corrected chi connectivity index (χ0v) is 15.6. The summed E-state index contributed by atoms with van der Waals surface area (Å²) in [5, 5.41) is 9.97. The van der Waals surface area contributed by atoms with Crippen LogP contribution in [0.15, 0.2) is 47.4 Å². The molecule has 2 aromatic carbocycles. The van der Waals surface area contributed by atoms with Gasteiger partial charge in [0.15, 0.2) is 11.5 Å². The van der Waals surface area contributed by atoms with Gasteiger partial charge in [-0.05, 0) is 43.2 Å². The number of halogens is 1. The Morgan fingerprint density at radius 3 is 2.29 bits per heavy atom. The average molecular weight is 362 g/mol. The second-order valence-electron chi connectivity index (χ2n) is 5.36. The number of hydrogen-bond acceptors (Lipinski definition) is 4. The second-order valence-corrected chi connectivity index (χ2v) is 7.11. The van der Waals surface area contributed by atoms with Crippen LogP contribution < -0.4 is 9.47 Å². The van der Waals surface area contributed by atoms with E-state index < -0.39 is 4.75 Å². The molecule has 24 heavy (non-hydrogen) atoms. The lowest BCUT2D eigenvalue weighted by Gasteiger charge is -2.26. The summed E-state index contributed by atoms with van der Waals surface area (Å²) in [5.74, 6) is 1.63. The fourth-order valence-electron chi connectivity index (χ4n) is 2.43. The van der Waals surface area contributed by atoms with Gasteiger partial charge in [0, 0.05) is 10.8 Å². The Balaban J connectivity index is 2.47. The van der Waals surface area contributed by atoms with Gasteiger partial charge in [-0.2, -0.15) is 5.26 Å². The zero-order chi connectivity index (χ0) is 17.6. The molecule has 2 aromatic rings. The van der Waals surface area contributed by atoms with Crippen molar-refractivity contribution in [1.82, 2.24) is 0 Å². The molecule has 0 saturated carbocycles. The van der Waals surface area contributed by atoms with Gasteiger partial charge in [0.1, 0.15) is 4.75 Å². The van der Waals surface area contributed by atoms with Crippen LogP contribution in [0.1, 0.15) is 17.5 Å². The van der Waals surface area contributed by atoms with Crippen molar-refractivity contribution >= 4 is 23.4 Å². The molecule has 0 aliphatic rings. The average Bonchev–Trinajstić information content (AvgIpc) is 2.62. The molecule has 126 valence electrons. The van der Waals surface area contributed by atoms with Crippen LogP contribution in [0.2, 0.25) is 0 Å². The second kappa shape index (κ2) is 8.32. The van der Waals surface area contributed by atoms with Crippen molar-refractivity contribution in [3.8, 4) is 17.6 Å². The third-order valence-corrected chi connectivity index (χ3v) is 5.37. The van der Waals surface area contributed by atoms with Crippen molar-refractivity contribution in [2.24, 2.45) is 0 Å². The fraction of sp³-hybridized carbons (Fsp3) is 0.316. The summed E-state index contributed by atoms with van der Waals surface area (Å²) in [6, 6.07) is 16.2. The molecule has 0 radical (unpaired) electrons. The number of rotatable bonds is 7. The molecule has 0 N–H and O–H groups in total. The van der Waals surface area contributed by atoms with Crippen LogP contribution in [-0.2, 0) is 4.75 Å². The highest BCUT2D eigenvalue weighted by Gasteiger charge is 2.34. The summed E-state index contributed by atoms with van der Waals surface area (Å²) in [6.45, 7) is 2.04. The van der Waals surface area contributed by atoms with E-state index in [9.17, 15) is 5.26 Å². The van der Waals surface area contributed by atoms with Crippen LogP contribution >= 0.6 is 23.4 Å². The molecule has 0 aliphatic carbocycles. The number of hydrogen-bond donors (Lipinski definition) is 0. The lowest BCUT2D eigenvalue weighted by atomic mass is 9.96. The van der Waals surface area contributed by atoms with Crippen LogP contribution in [0, 0.1) is 18.3 Å². The van der Waals surface area contributed by atoms with E-state index in [0.717, 1.165) is 10.5 Å². The Labute approximate surface area is 152 Å². The predicted molar refractivity (Wildman–Crippen MR) is 99.2 cm³/mol. The van der Waals surface area contributed by atoms with Gasteiger partial charge in [-0.1, -0.05) is 35.5 Å². The highest BCUT2D eigenvalue weighted by atomic mass is 35.5. The Morgan fingerprint density at radius 2 is 1.75 bits per heavy atom. The Kier molecular flexibility index (Phi) is 6.42. The van der Waals surface area contributed by atoms with Gasteiger partial charge in [0.2, 0.25) is 0 Å². The predicted octanol–water partition coefficient (Wildman–Crippen LogP) is 5.15. The Bertz CT molecular complexity index is 727. The van der Waals surface area contributed by atoms with Gasteiger partial charge in [-0.25, -0.2) is 0 Å². The quantitative estimate of drug-likeness (QED) is 0.505. The van der Waals surface area contributed by atoms with E-state index >= 15 is 0 Å². The lowest BCUT2D eigenvalue weighted by molar-refractivity contribution is 0.354. The molecule has 0 aromatic heterocycles. The van der Waals surface area contributed by atoms with Gasteiger partial charge >= 0.3 is 0 Å². The lowest BCUT2D eigenvalue weighted by Crippen LogP contribution is -2.20. The van der Waals surface area contributed by atoms with Crippen LogP contribution in [0.5, 0.6) is 11.5 Å². The number of thioether (sulfide) groups is 1. The van der Waals surface area contributed by atoms with Gasteiger partial charge in [0.05, 0.1) is 20.3 Å². The number of nitriles is 1. The molecule has 1 atom stereocenters. The smallest absolute Gasteiger partial charge is 0.161 e. The molecular formula is C19H20ClNO2S. The Morgan fingerprint density at radius 1 is 1.08 bits per heavy atom. The standard InChI is InChI=1S/C19H20ClNO2S/c1-14-4-7-16(8-5-14)24-19(13-21,10-11-20)15-6-9-17(22-2)18(12-15)23-3/h4-9,12H,10-11H2,1-3H3. The number of aryl methyl sites for hydroxylation is 1. The first-order valence-electron chi connectivity index (χ1n) is 7.54. The van der Waals surface area contributed by atoms with E-state index in [4.69, 9.17) is 21.1 Å². The number of nitrogens with zero attached hydrogens (tertiary/aromatic N) is 1. The van der Waals surface area contributed by atoms with Crippen molar-refractivity contribution in [3.05, 3.63) is 53.6 Å². The van der Waals surface area contributed by atoms with E-state index in [2.05, 4.69) is 6.07 Å². The summed E-state index contributed by atoms with van der Waals surface area (Å²) in [6.07, 6.45) is 0.527. The van der Waals surface area contributed by atoms with Crippen molar-refractivity contribution in [2.75, 3.05) is 20.1 Å². The minimum absolute atomic E-state index is 0.390. The van der Waals surface area contributed by atoms with Gasteiger partial charge in [-0.3, -0.25) is 0 Å². The first-order valence-corrected chi connectivity index (χ1v) is 8.89. The summed E-state index contributed by atoms with van der Waals surface area (Å²) in [4.78, 5) is 1.03. The van der Waals surface area contributed by atoms with Crippen molar-refractivity contribution in [1.29, 1.82) is 5.26 Å². The van der Waals surface area contributed by atoms with Crippen molar-refractivity contribution in [3.63, 3.8) is 0 Å². The molecule has 2 rings (SSSR count). The molecule has 0 fully saturated rings. The van der Waals surface area contributed by atoms with E-state index in [0.29, 0.717) is 23.8 Å². The summed E-state index contributed by atoms with van der Waals surface area (Å²) in [7, 11) is 3.18. The topological polar surface area (TPSA) is 42.2 Å². The molecule has 0 heterocycles. The molecular weight excluding hydrogens is 342 g/mol. The van der Waals surface area contributed by atoms with E-state index in [1.165, 1.54) is 17.3 Å². The minimum Gasteiger partial charge on any atom is -0.493 e. The van der Waals surface area contributed by atoms with Gasteiger partial charge in [-0.15, -0.1) is 11.6 Å². The molecule has 0 bridgehead atoms. The largest absolute Gasteiger partial charge is 0.493 e. The van der Waals surface area contributed by atoms with Crippen molar-refractivity contribution < 1.29 is 9.47 Å². The molecule has 0 aliphatic heterocycles. The number of methoxy groups -OCH3 is 2. The van der Waals surface area contributed by atoms with Crippen LogP contribution in [-0.4, -0.2) is 20.1 Å². The maximum Gasteiger partial charge on any atom is 0.161 e. The summed E-state index contributed by atoms with van der Waals surface area (Å²) >= 11 is 7.53. The number of ether oxygens (including phenoxy) is 2. The maximum atomic E-state index is 9.97. The maximum absolute atomic E-state index is 9.97. The number of alkyl halides is 1. The molecule has 5 heteroatoms. The first-order chi connectivity index (χ1) is 11.6. The Hall–Kier alpha value is -1.83. The fourth-order valence-corrected chi connectivity index (χ4v) is 3.99. The summed E-state index contributed by atoms with van der Waals surface area (Å²) in [5.41, 5.74) is 2.04. The molecule has 1 unspecified atom stereocenters. The molecule has 0 saturated heterocycles. The van der Waals surface area contributed by atoms with Gasteiger partial charge < -0.3 is 9.47 Å². The third kappa shape index (κ3) is 3.98. The zero-order valence-electron chi connectivity index (χ0n) is 14.0. The third-order valence-electron chi connectivity index (χ3n) is 3.79. The van der Waals surface area contributed by atoms with E-state index in [1.807, 2.05) is 49.4 Å². The van der Waals surface area contributed by atoms with E-state index in [-0.39, 0.29) is 0 Å². The highest BCUT2D eigenvalue weighted by Crippen LogP contribution is 2.46. The summed E-state index contributed by atoms with van der Waals surface area (Å²) < 4.78 is 9.89. The highest BCUT2D eigenvalue weighted by molar-refractivity contribution is 8.00. The van der Waals surface area contributed by atoms with Crippen LogP contribution in [0.4, 0.5) is 0 Å². The first kappa shape index (κ1) is 18.5. The SMILES string of the molecule is COc1ccc(C(C#N)(CCCl)Sc2ccc(C)cc2)cc1OC. The normalized spacial score (nSPS) is 13.0. The molecule has 0 amide bonds. The molecule has 3 nitrogen and oxygen atoms in total. The van der Waals surface area contributed by atoms with Crippen LogP contribution in [0.3, 0.4) is 0 Å².